The van der Waals surface area contributed by atoms with Crippen LogP contribution in [0.5, 0.6) is 5.75 Å². The van der Waals surface area contributed by atoms with Crippen molar-refractivity contribution in [3.05, 3.63) is 62.6 Å². The number of nitro groups is 1. The molecular weight excluding hydrogens is 406 g/mol. The Morgan fingerprint density at radius 2 is 1.92 bits per heavy atom. The smallest absolute Gasteiger partial charge is 0.311 e. The molecule has 0 saturated heterocycles. The molecule has 2 amide bonds. The number of hydrogen-bond acceptors (Lipinski definition) is 5. The zero-order valence-corrected chi connectivity index (χ0v) is 15.4. The van der Waals surface area contributed by atoms with Crippen LogP contribution < -0.4 is 15.4 Å². The molecule has 0 atom stereocenters. The number of aryl methyl sites for hydroxylation is 1. The van der Waals surface area contributed by atoms with E-state index in [9.17, 15) is 19.7 Å². The average Bonchev–Trinajstić information content (AvgIpc) is 2.60. The fourth-order valence-electron chi connectivity index (χ4n) is 2.02. The minimum atomic E-state index is -0.578. The summed E-state index contributed by atoms with van der Waals surface area (Å²) in [5, 5.41) is 16.0. The van der Waals surface area contributed by atoms with Crippen molar-refractivity contribution < 1.29 is 19.2 Å². The summed E-state index contributed by atoms with van der Waals surface area (Å²) in [4.78, 5) is 34.1. The van der Waals surface area contributed by atoms with Gasteiger partial charge in [-0.25, -0.2) is 0 Å². The van der Waals surface area contributed by atoms with Crippen LogP contribution in [0.25, 0.3) is 0 Å². The number of nitro benzene ring substituents is 1. The Bertz CT molecular complexity index is 841. The highest BCUT2D eigenvalue weighted by atomic mass is 79.9. The molecule has 0 spiro atoms. The third-order valence-electron chi connectivity index (χ3n) is 3.26. The lowest BCUT2D eigenvalue weighted by Crippen LogP contribution is -2.35. The monoisotopic (exact) mass is 421 g/mol. The first-order valence-corrected chi connectivity index (χ1v) is 8.35. The lowest BCUT2D eigenvalue weighted by atomic mass is 10.2. The van der Waals surface area contributed by atoms with E-state index < -0.39 is 23.3 Å². The molecular formula is C17H16BrN3O5. The second-order valence-electron chi connectivity index (χ2n) is 5.32. The number of amides is 2. The molecule has 0 aliphatic rings. The van der Waals surface area contributed by atoms with Gasteiger partial charge in [0.05, 0.1) is 17.2 Å². The third kappa shape index (κ3) is 5.55. The van der Waals surface area contributed by atoms with Crippen molar-refractivity contribution in [1.29, 1.82) is 0 Å². The molecule has 8 nitrogen and oxygen atoms in total. The molecule has 2 N–H and O–H groups in total. The van der Waals surface area contributed by atoms with E-state index in [2.05, 4.69) is 26.6 Å². The molecule has 0 unspecified atom stereocenters. The fraction of sp³-hybridized carbons (Fsp3) is 0.176. The number of benzene rings is 2. The van der Waals surface area contributed by atoms with E-state index in [1.54, 1.807) is 31.2 Å². The zero-order valence-electron chi connectivity index (χ0n) is 13.8. The van der Waals surface area contributed by atoms with E-state index in [0.29, 0.717) is 11.3 Å². The lowest BCUT2D eigenvalue weighted by Gasteiger charge is -2.09. The van der Waals surface area contributed by atoms with Crippen molar-refractivity contribution in [2.45, 2.75) is 6.92 Å². The number of nitrogens with zero attached hydrogens (tertiary/aromatic N) is 1. The van der Waals surface area contributed by atoms with Gasteiger partial charge in [-0.3, -0.25) is 19.7 Å². The summed E-state index contributed by atoms with van der Waals surface area (Å²) in [6.07, 6.45) is 0. The molecule has 26 heavy (non-hydrogen) atoms. The Labute approximate surface area is 157 Å². The molecule has 2 aromatic rings. The minimum Gasteiger partial charge on any atom is -0.477 e. The Morgan fingerprint density at radius 1 is 1.19 bits per heavy atom. The molecule has 0 aliphatic carbocycles. The van der Waals surface area contributed by atoms with Crippen LogP contribution in [0.3, 0.4) is 0 Å². The molecule has 2 rings (SSSR count). The number of halogens is 1. The second-order valence-corrected chi connectivity index (χ2v) is 6.18. The minimum absolute atomic E-state index is 0.00609. The van der Waals surface area contributed by atoms with Crippen LogP contribution in [-0.4, -0.2) is 29.9 Å². The van der Waals surface area contributed by atoms with Gasteiger partial charge in [-0.2, -0.15) is 0 Å². The number of carbonyl (C=O) groups is 2. The predicted molar refractivity (Wildman–Crippen MR) is 99.1 cm³/mol. The van der Waals surface area contributed by atoms with Gasteiger partial charge >= 0.3 is 5.69 Å². The topological polar surface area (TPSA) is 111 Å². The summed E-state index contributed by atoms with van der Waals surface area (Å²) < 4.78 is 5.91. The van der Waals surface area contributed by atoms with Gasteiger partial charge in [0, 0.05) is 10.5 Å². The Hall–Kier alpha value is -2.94. The van der Waals surface area contributed by atoms with Crippen LogP contribution in [0.4, 0.5) is 11.4 Å². The van der Waals surface area contributed by atoms with Crippen LogP contribution in [0.15, 0.2) is 46.9 Å². The fourth-order valence-corrected chi connectivity index (χ4v) is 2.41. The molecule has 136 valence electrons. The zero-order chi connectivity index (χ0) is 19.1. The van der Waals surface area contributed by atoms with Gasteiger partial charge in [0.2, 0.25) is 5.91 Å². The summed E-state index contributed by atoms with van der Waals surface area (Å²) in [7, 11) is 0. The predicted octanol–water partition coefficient (Wildman–Crippen LogP) is 2.80. The van der Waals surface area contributed by atoms with E-state index in [0.717, 1.165) is 4.47 Å². The summed E-state index contributed by atoms with van der Waals surface area (Å²) in [5.74, 6) is -0.984. The van der Waals surface area contributed by atoms with Gasteiger partial charge < -0.3 is 15.4 Å². The Kier molecular flexibility index (Phi) is 6.67. The van der Waals surface area contributed by atoms with Crippen molar-refractivity contribution in [3.63, 3.8) is 0 Å². The first-order valence-electron chi connectivity index (χ1n) is 7.55. The third-order valence-corrected chi connectivity index (χ3v) is 3.96. The summed E-state index contributed by atoms with van der Waals surface area (Å²) in [5.41, 5.74) is 1.07. The van der Waals surface area contributed by atoms with Crippen LogP contribution >= 0.6 is 15.9 Å². The maximum atomic E-state index is 11.8. The van der Waals surface area contributed by atoms with E-state index in [-0.39, 0.29) is 18.0 Å². The van der Waals surface area contributed by atoms with E-state index in [1.165, 1.54) is 12.1 Å². The number of rotatable bonds is 7. The molecule has 0 aromatic heterocycles. The highest BCUT2D eigenvalue weighted by Crippen LogP contribution is 2.27. The molecule has 0 fully saturated rings. The first-order chi connectivity index (χ1) is 12.4. The van der Waals surface area contributed by atoms with Gasteiger partial charge in [-0.05, 0) is 46.6 Å². The standard InChI is InChI=1S/C17H16BrN3O5/c1-11-6-7-15(14(8-11)21(24)25)26-10-17(23)19-9-16(22)20-13-5-3-2-4-12(13)18/h2-8H,9-10H2,1H3,(H,19,23)(H,20,22). The largest absolute Gasteiger partial charge is 0.477 e. The van der Waals surface area contributed by atoms with Crippen molar-refractivity contribution in [2.75, 3.05) is 18.5 Å². The average molecular weight is 422 g/mol. The molecule has 0 heterocycles. The van der Waals surface area contributed by atoms with E-state index in [1.807, 2.05) is 6.07 Å². The summed E-state index contributed by atoms with van der Waals surface area (Å²) in [6.45, 7) is 1.03. The van der Waals surface area contributed by atoms with Crippen LogP contribution in [-0.2, 0) is 9.59 Å². The Morgan fingerprint density at radius 3 is 2.62 bits per heavy atom. The lowest BCUT2D eigenvalue weighted by molar-refractivity contribution is -0.385. The van der Waals surface area contributed by atoms with Crippen molar-refractivity contribution in [1.82, 2.24) is 5.32 Å². The van der Waals surface area contributed by atoms with Crippen molar-refractivity contribution in [2.24, 2.45) is 0 Å². The maximum absolute atomic E-state index is 11.8. The highest BCUT2D eigenvalue weighted by Gasteiger charge is 2.16. The van der Waals surface area contributed by atoms with Gasteiger partial charge in [0.1, 0.15) is 0 Å². The van der Waals surface area contributed by atoms with E-state index in [4.69, 9.17) is 4.74 Å². The number of anilines is 1. The molecule has 0 radical (unpaired) electrons. The first kappa shape index (κ1) is 19.4. The van der Waals surface area contributed by atoms with Gasteiger partial charge in [0.15, 0.2) is 12.4 Å². The second kappa shape index (κ2) is 8.95. The molecule has 2 aromatic carbocycles. The summed E-state index contributed by atoms with van der Waals surface area (Å²) >= 11 is 3.30. The van der Waals surface area contributed by atoms with Gasteiger partial charge in [-0.15, -0.1) is 0 Å². The number of carbonyl (C=O) groups excluding carboxylic acids is 2. The SMILES string of the molecule is Cc1ccc(OCC(=O)NCC(=O)Nc2ccccc2Br)c([N+](=O)[O-])c1. The highest BCUT2D eigenvalue weighted by molar-refractivity contribution is 9.10. The number of para-hydroxylation sites is 1. The summed E-state index contributed by atoms with van der Waals surface area (Å²) in [6, 6.07) is 11.5. The van der Waals surface area contributed by atoms with Crippen LogP contribution in [0.1, 0.15) is 5.56 Å². The molecule has 9 heteroatoms. The normalized spacial score (nSPS) is 10.1. The van der Waals surface area contributed by atoms with E-state index >= 15 is 0 Å². The van der Waals surface area contributed by atoms with Crippen molar-refractivity contribution in [3.8, 4) is 5.75 Å². The Balaban J connectivity index is 1.83. The van der Waals surface area contributed by atoms with Crippen LogP contribution in [0, 0.1) is 17.0 Å². The molecule has 0 aliphatic heterocycles. The number of nitrogens with one attached hydrogen (secondary N) is 2. The van der Waals surface area contributed by atoms with Gasteiger partial charge in [-0.1, -0.05) is 18.2 Å². The maximum Gasteiger partial charge on any atom is 0.311 e. The number of hydrogen-bond donors (Lipinski definition) is 2. The molecule has 0 saturated carbocycles. The number of ether oxygens (including phenoxy) is 1. The van der Waals surface area contributed by atoms with Gasteiger partial charge in [0.25, 0.3) is 5.91 Å². The van der Waals surface area contributed by atoms with Crippen LogP contribution in [0.2, 0.25) is 0 Å². The quantitative estimate of drug-likeness (QED) is 0.527. The van der Waals surface area contributed by atoms with Crippen molar-refractivity contribution >= 4 is 39.1 Å². The molecule has 0 bridgehead atoms.